The smallest absolute Gasteiger partial charge is 0.222 e. The first-order valence-electron chi connectivity index (χ1n) is 4.09. The van der Waals surface area contributed by atoms with Gasteiger partial charge in [-0.1, -0.05) is 5.92 Å². The highest BCUT2D eigenvalue weighted by molar-refractivity contribution is 5.40. The van der Waals surface area contributed by atoms with Crippen molar-refractivity contribution in [2.24, 2.45) is 7.05 Å². The number of hydrogen-bond donors (Lipinski definition) is 1. The third-order valence-corrected chi connectivity index (χ3v) is 2.07. The first-order chi connectivity index (χ1) is 6.07. The van der Waals surface area contributed by atoms with E-state index >= 15 is 0 Å². The summed E-state index contributed by atoms with van der Waals surface area (Å²) >= 11 is 0. The lowest BCUT2D eigenvalue weighted by atomic mass is 10.2. The molecular formula is C10H13N3. The topological polar surface area (TPSA) is 41.7 Å². The molecule has 0 bridgehead atoms. The minimum atomic E-state index is 0.275. The van der Waals surface area contributed by atoms with Crippen molar-refractivity contribution in [3.8, 4) is 11.8 Å². The van der Waals surface area contributed by atoms with Crippen molar-refractivity contribution >= 4 is 0 Å². The van der Waals surface area contributed by atoms with Crippen LogP contribution < -0.4 is 5.62 Å². The van der Waals surface area contributed by atoms with Crippen LogP contribution in [0.4, 0.5) is 0 Å². The van der Waals surface area contributed by atoms with Crippen molar-refractivity contribution in [1.29, 1.82) is 5.41 Å². The standard InChI is InChI=1S/C10H13N3/c1-5-6-9-7(2)12-10(11)13(4)8(9)3/h11H,1-4H3. The minimum absolute atomic E-state index is 0.275. The van der Waals surface area contributed by atoms with E-state index in [0.717, 1.165) is 17.0 Å². The number of nitrogens with zero attached hydrogens (tertiary/aromatic N) is 2. The van der Waals surface area contributed by atoms with Gasteiger partial charge in [-0.2, -0.15) is 0 Å². The molecule has 0 amide bonds. The summed E-state index contributed by atoms with van der Waals surface area (Å²) in [5, 5.41) is 7.53. The van der Waals surface area contributed by atoms with Gasteiger partial charge in [0, 0.05) is 12.7 Å². The normalized spacial score (nSPS) is 9.23. The molecule has 0 fully saturated rings. The minimum Gasteiger partial charge on any atom is -0.317 e. The van der Waals surface area contributed by atoms with Gasteiger partial charge in [0.1, 0.15) is 0 Å². The van der Waals surface area contributed by atoms with Crippen LogP contribution in [-0.2, 0) is 7.05 Å². The molecule has 0 atom stereocenters. The van der Waals surface area contributed by atoms with Crippen molar-refractivity contribution < 1.29 is 0 Å². The van der Waals surface area contributed by atoms with Gasteiger partial charge in [-0.15, -0.1) is 5.92 Å². The average Bonchev–Trinajstić information content (AvgIpc) is 2.09. The van der Waals surface area contributed by atoms with Gasteiger partial charge in [0.15, 0.2) is 0 Å². The Bertz CT molecular complexity index is 444. The molecular weight excluding hydrogens is 162 g/mol. The van der Waals surface area contributed by atoms with E-state index in [9.17, 15) is 0 Å². The summed E-state index contributed by atoms with van der Waals surface area (Å²) in [5.41, 5.74) is 3.03. The molecule has 0 unspecified atom stereocenters. The fourth-order valence-electron chi connectivity index (χ4n) is 1.18. The number of aromatic nitrogens is 2. The highest BCUT2D eigenvalue weighted by Crippen LogP contribution is 2.05. The molecule has 68 valence electrons. The summed E-state index contributed by atoms with van der Waals surface area (Å²) in [7, 11) is 1.82. The molecule has 0 aliphatic carbocycles. The molecule has 0 saturated carbocycles. The zero-order valence-electron chi connectivity index (χ0n) is 8.39. The summed E-state index contributed by atoms with van der Waals surface area (Å²) in [5.74, 6) is 5.84. The van der Waals surface area contributed by atoms with E-state index in [-0.39, 0.29) is 5.62 Å². The number of rotatable bonds is 0. The van der Waals surface area contributed by atoms with Crippen molar-refractivity contribution in [2.75, 3.05) is 0 Å². The van der Waals surface area contributed by atoms with Crippen LogP contribution in [0.25, 0.3) is 0 Å². The Morgan fingerprint density at radius 2 is 2.00 bits per heavy atom. The highest BCUT2D eigenvalue weighted by Gasteiger charge is 2.03. The Hall–Kier alpha value is -1.56. The van der Waals surface area contributed by atoms with Crippen LogP contribution in [0.5, 0.6) is 0 Å². The lowest BCUT2D eigenvalue weighted by Gasteiger charge is -2.08. The highest BCUT2D eigenvalue weighted by atomic mass is 15.0. The van der Waals surface area contributed by atoms with Crippen molar-refractivity contribution in [3.05, 3.63) is 22.6 Å². The zero-order valence-corrected chi connectivity index (χ0v) is 8.39. The predicted octanol–water partition coefficient (Wildman–Crippen LogP) is 0.888. The second-order valence-electron chi connectivity index (χ2n) is 2.92. The summed E-state index contributed by atoms with van der Waals surface area (Å²) in [6, 6.07) is 0. The van der Waals surface area contributed by atoms with E-state index < -0.39 is 0 Å². The molecule has 0 aromatic carbocycles. The molecule has 3 heteroatoms. The Labute approximate surface area is 78.0 Å². The van der Waals surface area contributed by atoms with Crippen LogP contribution in [0.3, 0.4) is 0 Å². The van der Waals surface area contributed by atoms with Crippen molar-refractivity contribution in [1.82, 2.24) is 9.55 Å². The Morgan fingerprint density at radius 3 is 2.54 bits per heavy atom. The van der Waals surface area contributed by atoms with Crippen molar-refractivity contribution in [2.45, 2.75) is 20.8 Å². The molecule has 1 rings (SSSR count). The average molecular weight is 175 g/mol. The third kappa shape index (κ3) is 1.62. The first-order valence-corrected chi connectivity index (χ1v) is 4.09. The SMILES string of the molecule is CC#Cc1c(C)nc(=N)n(C)c1C. The molecule has 0 radical (unpaired) electrons. The van der Waals surface area contributed by atoms with E-state index in [1.54, 1.807) is 11.5 Å². The van der Waals surface area contributed by atoms with Crippen LogP contribution in [0, 0.1) is 31.1 Å². The second-order valence-corrected chi connectivity index (χ2v) is 2.92. The predicted molar refractivity (Wildman–Crippen MR) is 51.1 cm³/mol. The van der Waals surface area contributed by atoms with E-state index in [1.165, 1.54) is 0 Å². The molecule has 1 aromatic heterocycles. The fourth-order valence-corrected chi connectivity index (χ4v) is 1.18. The van der Waals surface area contributed by atoms with E-state index in [1.807, 2.05) is 20.9 Å². The maximum atomic E-state index is 7.53. The maximum absolute atomic E-state index is 7.53. The van der Waals surface area contributed by atoms with Gasteiger partial charge in [0.2, 0.25) is 5.62 Å². The van der Waals surface area contributed by atoms with Gasteiger partial charge in [-0.25, -0.2) is 4.98 Å². The molecule has 0 spiro atoms. The molecule has 1 heterocycles. The Morgan fingerprint density at radius 1 is 1.38 bits per heavy atom. The fraction of sp³-hybridized carbons (Fsp3) is 0.400. The van der Waals surface area contributed by atoms with Gasteiger partial charge >= 0.3 is 0 Å². The molecule has 13 heavy (non-hydrogen) atoms. The first kappa shape index (κ1) is 9.53. The maximum Gasteiger partial charge on any atom is 0.222 e. The zero-order chi connectivity index (χ0) is 10.0. The number of aryl methyl sites for hydroxylation is 1. The second kappa shape index (κ2) is 3.44. The monoisotopic (exact) mass is 175 g/mol. The van der Waals surface area contributed by atoms with Gasteiger partial charge in [-0.3, -0.25) is 5.41 Å². The van der Waals surface area contributed by atoms with Gasteiger partial charge in [0.25, 0.3) is 0 Å². The molecule has 1 N–H and O–H groups in total. The van der Waals surface area contributed by atoms with E-state index in [0.29, 0.717) is 0 Å². The van der Waals surface area contributed by atoms with Crippen LogP contribution in [0.1, 0.15) is 23.9 Å². The molecule has 0 aliphatic rings. The molecule has 3 nitrogen and oxygen atoms in total. The van der Waals surface area contributed by atoms with E-state index in [4.69, 9.17) is 5.41 Å². The third-order valence-electron chi connectivity index (χ3n) is 2.07. The van der Waals surface area contributed by atoms with Crippen LogP contribution >= 0.6 is 0 Å². The lowest BCUT2D eigenvalue weighted by Crippen LogP contribution is -2.24. The van der Waals surface area contributed by atoms with Crippen molar-refractivity contribution in [3.63, 3.8) is 0 Å². The summed E-state index contributed by atoms with van der Waals surface area (Å²) < 4.78 is 1.73. The summed E-state index contributed by atoms with van der Waals surface area (Å²) in [6.45, 7) is 5.63. The quantitative estimate of drug-likeness (QED) is 0.584. The number of hydrogen-bond acceptors (Lipinski definition) is 2. The van der Waals surface area contributed by atoms with Gasteiger partial charge in [-0.05, 0) is 20.8 Å². The summed E-state index contributed by atoms with van der Waals surface area (Å²) in [6.07, 6.45) is 0. The van der Waals surface area contributed by atoms with Gasteiger partial charge in [0.05, 0.1) is 11.3 Å². The number of nitrogens with one attached hydrogen (secondary N) is 1. The molecule has 0 saturated heterocycles. The molecule has 0 aliphatic heterocycles. The Balaban J connectivity index is 3.59. The molecule has 1 aromatic rings. The largest absolute Gasteiger partial charge is 0.317 e. The lowest BCUT2D eigenvalue weighted by molar-refractivity contribution is 0.721. The van der Waals surface area contributed by atoms with Crippen LogP contribution in [0.15, 0.2) is 0 Å². The Kier molecular flexibility index (Phi) is 2.52. The van der Waals surface area contributed by atoms with E-state index in [2.05, 4.69) is 16.8 Å². The van der Waals surface area contributed by atoms with Crippen LogP contribution in [-0.4, -0.2) is 9.55 Å². The van der Waals surface area contributed by atoms with Crippen LogP contribution in [0.2, 0.25) is 0 Å². The van der Waals surface area contributed by atoms with Gasteiger partial charge < -0.3 is 4.57 Å². The summed E-state index contributed by atoms with van der Waals surface area (Å²) in [4.78, 5) is 4.08.